The van der Waals surface area contributed by atoms with Gasteiger partial charge in [-0.05, 0) is 33.6 Å². The van der Waals surface area contributed by atoms with Crippen molar-refractivity contribution in [2.24, 2.45) is 11.3 Å². The second-order valence-electron chi connectivity index (χ2n) is 7.35. The summed E-state index contributed by atoms with van der Waals surface area (Å²) in [5.74, 6) is -0.777. The standard InChI is InChI=1S/C20H26O4/c1-6-14-12-20(18(22)23-5,13-16(14)24-19(2,3)4)17(21)15-10-8-7-9-11-15/h6-11,14,16H,1,12-13H2,2-5H3/t14-,16-,20?/m0/s1. The van der Waals surface area contributed by atoms with E-state index in [1.807, 2.05) is 26.8 Å². The highest BCUT2D eigenvalue weighted by Crippen LogP contribution is 2.47. The molecule has 0 aliphatic heterocycles. The van der Waals surface area contributed by atoms with Gasteiger partial charge < -0.3 is 9.47 Å². The molecule has 2 rings (SSSR count). The minimum absolute atomic E-state index is 0.0732. The minimum Gasteiger partial charge on any atom is -0.468 e. The zero-order valence-corrected chi connectivity index (χ0v) is 14.9. The molecular weight excluding hydrogens is 304 g/mol. The molecule has 1 aliphatic rings. The van der Waals surface area contributed by atoms with E-state index in [0.717, 1.165) is 0 Å². The number of methoxy groups -OCH3 is 1. The van der Waals surface area contributed by atoms with Gasteiger partial charge in [0, 0.05) is 11.5 Å². The van der Waals surface area contributed by atoms with Crippen LogP contribution in [0.3, 0.4) is 0 Å². The summed E-state index contributed by atoms with van der Waals surface area (Å²) >= 11 is 0. The Morgan fingerprint density at radius 3 is 2.33 bits per heavy atom. The summed E-state index contributed by atoms with van der Waals surface area (Å²) in [6, 6.07) is 8.89. The number of hydrogen-bond donors (Lipinski definition) is 0. The highest BCUT2D eigenvalue weighted by atomic mass is 16.5. The van der Waals surface area contributed by atoms with Gasteiger partial charge in [-0.2, -0.15) is 0 Å². The Bertz CT molecular complexity index is 614. The fourth-order valence-electron chi connectivity index (χ4n) is 3.44. The maximum atomic E-state index is 13.2. The van der Waals surface area contributed by atoms with E-state index in [-0.39, 0.29) is 23.4 Å². The number of benzene rings is 1. The second-order valence-corrected chi connectivity index (χ2v) is 7.35. The predicted molar refractivity (Wildman–Crippen MR) is 92.8 cm³/mol. The van der Waals surface area contributed by atoms with Crippen molar-refractivity contribution in [2.75, 3.05) is 7.11 Å². The number of Topliss-reactive ketones (excluding diaryl/α,β-unsaturated/α-hetero) is 1. The van der Waals surface area contributed by atoms with Gasteiger partial charge in [0.05, 0.1) is 18.8 Å². The lowest BCUT2D eigenvalue weighted by Gasteiger charge is -2.28. The van der Waals surface area contributed by atoms with E-state index in [2.05, 4.69) is 6.58 Å². The van der Waals surface area contributed by atoms with Gasteiger partial charge in [0.1, 0.15) is 5.41 Å². The van der Waals surface area contributed by atoms with Gasteiger partial charge in [0.25, 0.3) is 0 Å². The van der Waals surface area contributed by atoms with Crippen molar-refractivity contribution in [3.8, 4) is 0 Å². The summed E-state index contributed by atoms with van der Waals surface area (Å²) in [5, 5.41) is 0. The number of esters is 1. The van der Waals surface area contributed by atoms with Crippen molar-refractivity contribution in [3.63, 3.8) is 0 Å². The number of ketones is 1. The number of hydrogen-bond acceptors (Lipinski definition) is 4. The molecule has 1 saturated carbocycles. The Balaban J connectivity index is 2.41. The Kier molecular flexibility index (Phi) is 5.29. The molecule has 0 aromatic heterocycles. The Labute approximate surface area is 143 Å². The van der Waals surface area contributed by atoms with Crippen LogP contribution in [0, 0.1) is 11.3 Å². The molecule has 1 aromatic rings. The molecule has 130 valence electrons. The fourth-order valence-corrected chi connectivity index (χ4v) is 3.44. The van der Waals surface area contributed by atoms with Crippen molar-refractivity contribution in [3.05, 3.63) is 48.6 Å². The normalized spacial score (nSPS) is 26.8. The molecule has 0 heterocycles. The van der Waals surface area contributed by atoms with Crippen molar-refractivity contribution in [2.45, 2.75) is 45.3 Å². The van der Waals surface area contributed by atoms with E-state index in [0.29, 0.717) is 18.4 Å². The molecule has 24 heavy (non-hydrogen) atoms. The van der Waals surface area contributed by atoms with Crippen LogP contribution in [0.15, 0.2) is 43.0 Å². The third kappa shape index (κ3) is 3.59. The highest BCUT2D eigenvalue weighted by Gasteiger charge is 2.56. The first-order valence-corrected chi connectivity index (χ1v) is 8.22. The summed E-state index contributed by atoms with van der Waals surface area (Å²) < 4.78 is 11.1. The smallest absolute Gasteiger partial charge is 0.319 e. The third-order valence-electron chi connectivity index (χ3n) is 4.47. The zero-order valence-electron chi connectivity index (χ0n) is 14.9. The lowest BCUT2D eigenvalue weighted by Crippen LogP contribution is -2.39. The van der Waals surface area contributed by atoms with Crippen LogP contribution < -0.4 is 0 Å². The first-order valence-electron chi connectivity index (χ1n) is 8.22. The van der Waals surface area contributed by atoms with Crippen LogP contribution in [0.1, 0.15) is 44.0 Å². The highest BCUT2D eigenvalue weighted by molar-refractivity contribution is 6.12. The van der Waals surface area contributed by atoms with Gasteiger partial charge in [-0.1, -0.05) is 36.4 Å². The molecule has 0 spiro atoms. The molecule has 4 heteroatoms. The Hall–Kier alpha value is -1.94. The van der Waals surface area contributed by atoms with Crippen LogP contribution in [-0.4, -0.2) is 30.6 Å². The van der Waals surface area contributed by atoms with E-state index < -0.39 is 11.4 Å². The van der Waals surface area contributed by atoms with Crippen molar-refractivity contribution >= 4 is 11.8 Å². The number of carbonyl (C=O) groups is 2. The average Bonchev–Trinajstić information content (AvgIpc) is 2.92. The van der Waals surface area contributed by atoms with Crippen LogP contribution in [0.2, 0.25) is 0 Å². The molecule has 4 nitrogen and oxygen atoms in total. The first-order chi connectivity index (χ1) is 11.2. The molecule has 1 aliphatic carbocycles. The topological polar surface area (TPSA) is 52.6 Å². The predicted octanol–water partition coefficient (Wildman–Crippen LogP) is 3.81. The lowest BCUT2D eigenvalue weighted by atomic mass is 9.78. The number of carbonyl (C=O) groups excluding carboxylic acids is 2. The van der Waals surface area contributed by atoms with E-state index >= 15 is 0 Å². The summed E-state index contributed by atoms with van der Waals surface area (Å²) in [6.07, 6.45) is 2.20. The maximum absolute atomic E-state index is 13.2. The van der Waals surface area contributed by atoms with Gasteiger partial charge in [-0.25, -0.2) is 0 Å². The van der Waals surface area contributed by atoms with Gasteiger partial charge in [-0.15, -0.1) is 6.58 Å². The third-order valence-corrected chi connectivity index (χ3v) is 4.47. The first kappa shape index (κ1) is 18.4. The van der Waals surface area contributed by atoms with Crippen molar-refractivity contribution < 1.29 is 19.1 Å². The molecule has 3 atom stereocenters. The molecule has 0 radical (unpaired) electrons. The quantitative estimate of drug-likeness (QED) is 0.356. The number of rotatable bonds is 5. The lowest BCUT2D eigenvalue weighted by molar-refractivity contribution is -0.150. The minimum atomic E-state index is -1.22. The van der Waals surface area contributed by atoms with Gasteiger partial charge >= 0.3 is 5.97 Å². The monoisotopic (exact) mass is 330 g/mol. The molecule has 0 N–H and O–H groups in total. The molecule has 0 bridgehead atoms. The van der Waals surface area contributed by atoms with Crippen LogP contribution in [0.4, 0.5) is 0 Å². The molecule has 1 unspecified atom stereocenters. The molecular formula is C20H26O4. The summed E-state index contributed by atoms with van der Waals surface area (Å²) in [4.78, 5) is 25.7. The van der Waals surface area contributed by atoms with Crippen LogP contribution in [0.5, 0.6) is 0 Å². The fraction of sp³-hybridized carbons (Fsp3) is 0.500. The molecule has 0 saturated heterocycles. The average molecular weight is 330 g/mol. The van der Waals surface area contributed by atoms with Gasteiger partial charge in [0.2, 0.25) is 0 Å². The maximum Gasteiger partial charge on any atom is 0.319 e. The second kappa shape index (κ2) is 6.89. The van der Waals surface area contributed by atoms with Crippen molar-refractivity contribution in [1.82, 2.24) is 0 Å². The van der Waals surface area contributed by atoms with E-state index in [4.69, 9.17) is 9.47 Å². The zero-order chi connectivity index (χ0) is 18.0. The van der Waals surface area contributed by atoms with Gasteiger partial charge in [-0.3, -0.25) is 9.59 Å². The van der Waals surface area contributed by atoms with Crippen LogP contribution in [-0.2, 0) is 14.3 Å². The van der Waals surface area contributed by atoms with E-state index in [9.17, 15) is 9.59 Å². The van der Waals surface area contributed by atoms with Crippen LogP contribution >= 0.6 is 0 Å². The SMILES string of the molecule is C=C[C@H]1CC(C(=O)OC)(C(=O)c2ccccc2)C[C@@H]1OC(C)(C)C. The summed E-state index contributed by atoms with van der Waals surface area (Å²) in [6.45, 7) is 9.75. The van der Waals surface area contributed by atoms with Gasteiger partial charge in [0.15, 0.2) is 5.78 Å². The number of ether oxygens (including phenoxy) is 2. The molecule has 1 aromatic carbocycles. The molecule has 1 fully saturated rings. The van der Waals surface area contributed by atoms with Crippen molar-refractivity contribution in [1.29, 1.82) is 0 Å². The molecule has 0 amide bonds. The Morgan fingerprint density at radius 2 is 1.83 bits per heavy atom. The van der Waals surface area contributed by atoms with E-state index in [1.54, 1.807) is 30.3 Å². The Morgan fingerprint density at radius 1 is 1.21 bits per heavy atom. The summed E-state index contributed by atoms with van der Waals surface area (Å²) in [7, 11) is 1.32. The van der Waals surface area contributed by atoms with Crippen LogP contribution in [0.25, 0.3) is 0 Å². The van der Waals surface area contributed by atoms with E-state index in [1.165, 1.54) is 7.11 Å². The summed E-state index contributed by atoms with van der Waals surface area (Å²) in [5.41, 5.74) is -1.07. The largest absolute Gasteiger partial charge is 0.468 e.